The first-order valence-electron chi connectivity index (χ1n) is 8.21. The molecule has 1 saturated heterocycles. The van der Waals surface area contributed by atoms with E-state index in [-0.39, 0.29) is 17.4 Å². The number of H-pyrrole nitrogens is 1. The van der Waals surface area contributed by atoms with Gasteiger partial charge in [-0.05, 0) is 25.0 Å². The van der Waals surface area contributed by atoms with Crippen LogP contribution in [0.15, 0.2) is 22.9 Å². The Hall–Kier alpha value is -2.11. The lowest BCUT2D eigenvalue weighted by atomic mass is 9.96. The van der Waals surface area contributed by atoms with Crippen LogP contribution >= 0.6 is 0 Å². The number of carbonyl (C=O) groups is 1. The van der Waals surface area contributed by atoms with Gasteiger partial charge in [-0.3, -0.25) is 4.79 Å². The van der Waals surface area contributed by atoms with Crippen molar-refractivity contribution in [3.05, 3.63) is 35.7 Å². The second kappa shape index (κ2) is 6.18. The van der Waals surface area contributed by atoms with Gasteiger partial charge in [0.25, 0.3) is 0 Å². The van der Waals surface area contributed by atoms with E-state index in [0.29, 0.717) is 24.6 Å². The van der Waals surface area contributed by atoms with E-state index in [0.717, 1.165) is 25.1 Å². The Morgan fingerprint density at radius 1 is 1.48 bits per heavy atom. The van der Waals surface area contributed by atoms with Gasteiger partial charge in [0, 0.05) is 36.7 Å². The van der Waals surface area contributed by atoms with Crippen molar-refractivity contribution in [3.63, 3.8) is 0 Å². The van der Waals surface area contributed by atoms with E-state index in [2.05, 4.69) is 15.1 Å². The molecule has 3 rings (SSSR count). The Kier molecular flexibility index (Phi) is 4.24. The summed E-state index contributed by atoms with van der Waals surface area (Å²) < 4.78 is 5.27. The van der Waals surface area contributed by atoms with E-state index < -0.39 is 0 Å². The molecule has 1 amide bonds. The van der Waals surface area contributed by atoms with Gasteiger partial charge >= 0.3 is 0 Å². The number of likely N-dealkylation sites (tertiary alicyclic amines) is 1. The number of hydrogen-bond donors (Lipinski definition) is 1. The van der Waals surface area contributed by atoms with Crippen LogP contribution in [0.5, 0.6) is 0 Å². The van der Waals surface area contributed by atoms with Crippen molar-refractivity contribution < 1.29 is 9.32 Å². The van der Waals surface area contributed by atoms with Gasteiger partial charge in [0.2, 0.25) is 11.8 Å². The molecule has 23 heavy (non-hydrogen) atoms. The standard InChI is InChI=1S/C17H24N4O2/c1-17(2,3)16-19-14(23-20-16)8-9-15(22)21-11-5-7-13(21)12-6-4-10-18-12/h4,6,10,13,18H,5,7-9,11H2,1-3H3/t13-/m0/s1. The third-order valence-corrected chi connectivity index (χ3v) is 4.25. The number of aryl methyl sites for hydroxylation is 1. The summed E-state index contributed by atoms with van der Waals surface area (Å²) in [6, 6.07) is 4.19. The minimum Gasteiger partial charge on any atom is -0.363 e. The van der Waals surface area contributed by atoms with E-state index in [4.69, 9.17) is 4.52 Å². The molecule has 0 aliphatic carbocycles. The molecular formula is C17H24N4O2. The average Bonchev–Trinajstić information content (AvgIpc) is 3.22. The van der Waals surface area contributed by atoms with Gasteiger partial charge in [0.1, 0.15) is 0 Å². The van der Waals surface area contributed by atoms with E-state index >= 15 is 0 Å². The first-order valence-corrected chi connectivity index (χ1v) is 8.21. The molecule has 1 aliphatic rings. The van der Waals surface area contributed by atoms with E-state index in [1.165, 1.54) is 0 Å². The summed E-state index contributed by atoms with van der Waals surface area (Å²) in [6.45, 7) is 6.94. The fourth-order valence-corrected chi connectivity index (χ4v) is 2.96. The summed E-state index contributed by atoms with van der Waals surface area (Å²) in [5.41, 5.74) is 0.975. The van der Waals surface area contributed by atoms with Gasteiger partial charge in [0.05, 0.1) is 6.04 Å². The number of aromatic amines is 1. The number of amides is 1. The fraction of sp³-hybridized carbons (Fsp3) is 0.588. The lowest BCUT2D eigenvalue weighted by molar-refractivity contribution is -0.132. The zero-order chi connectivity index (χ0) is 16.4. The maximum absolute atomic E-state index is 12.6. The summed E-state index contributed by atoms with van der Waals surface area (Å²) in [4.78, 5) is 22.1. The number of aromatic nitrogens is 3. The SMILES string of the molecule is CC(C)(C)c1noc(CCC(=O)N2CCC[C@H]2c2ccc[nH]2)n1. The number of hydrogen-bond acceptors (Lipinski definition) is 4. The van der Waals surface area contributed by atoms with Gasteiger partial charge in [-0.2, -0.15) is 4.98 Å². The quantitative estimate of drug-likeness (QED) is 0.941. The number of rotatable bonds is 4. The van der Waals surface area contributed by atoms with Crippen molar-refractivity contribution in [3.8, 4) is 0 Å². The molecule has 3 heterocycles. The highest BCUT2D eigenvalue weighted by atomic mass is 16.5. The van der Waals surface area contributed by atoms with Crippen molar-refractivity contribution in [2.24, 2.45) is 0 Å². The first kappa shape index (κ1) is 15.8. The first-order chi connectivity index (χ1) is 10.9. The maximum Gasteiger partial charge on any atom is 0.227 e. The highest BCUT2D eigenvalue weighted by Crippen LogP contribution is 2.31. The zero-order valence-corrected chi connectivity index (χ0v) is 14.0. The molecule has 124 valence electrons. The predicted molar refractivity (Wildman–Crippen MR) is 85.8 cm³/mol. The van der Waals surface area contributed by atoms with Gasteiger partial charge in [-0.15, -0.1) is 0 Å². The van der Waals surface area contributed by atoms with Crippen LogP contribution < -0.4 is 0 Å². The predicted octanol–water partition coefficient (Wildman–Crippen LogP) is 2.99. The van der Waals surface area contributed by atoms with Crippen molar-refractivity contribution >= 4 is 5.91 Å². The third kappa shape index (κ3) is 3.46. The summed E-state index contributed by atoms with van der Waals surface area (Å²) >= 11 is 0. The van der Waals surface area contributed by atoms with Gasteiger partial charge in [0.15, 0.2) is 5.82 Å². The van der Waals surface area contributed by atoms with Gasteiger partial charge in [-0.1, -0.05) is 25.9 Å². The third-order valence-electron chi connectivity index (χ3n) is 4.25. The second-order valence-electron chi connectivity index (χ2n) is 7.13. The molecule has 0 radical (unpaired) electrons. The van der Waals surface area contributed by atoms with E-state index in [1.54, 1.807) is 0 Å². The molecule has 2 aromatic heterocycles. The molecule has 1 atom stereocenters. The molecule has 1 fully saturated rings. The van der Waals surface area contributed by atoms with Crippen LogP contribution in [0.3, 0.4) is 0 Å². The van der Waals surface area contributed by atoms with Crippen molar-refractivity contribution in [1.82, 2.24) is 20.0 Å². The molecule has 6 heteroatoms. The highest BCUT2D eigenvalue weighted by molar-refractivity contribution is 5.77. The molecule has 1 N–H and O–H groups in total. The average molecular weight is 316 g/mol. The van der Waals surface area contributed by atoms with Crippen LogP contribution in [0, 0.1) is 0 Å². The smallest absolute Gasteiger partial charge is 0.227 e. The van der Waals surface area contributed by atoms with Crippen LogP contribution in [0.25, 0.3) is 0 Å². The molecular weight excluding hydrogens is 292 g/mol. The maximum atomic E-state index is 12.6. The molecule has 1 aliphatic heterocycles. The summed E-state index contributed by atoms with van der Waals surface area (Å²) in [5, 5.41) is 4.00. The second-order valence-corrected chi connectivity index (χ2v) is 7.13. The normalized spacial score (nSPS) is 18.6. The molecule has 0 saturated carbocycles. The molecule has 0 bridgehead atoms. The van der Waals surface area contributed by atoms with Gasteiger partial charge in [-0.25, -0.2) is 0 Å². The number of nitrogens with one attached hydrogen (secondary N) is 1. The number of carbonyl (C=O) groups excluding carboxylic acids is 1. The Morgan fingerprint density at radius 3 is 2.96 bits per heavy atom. The van der Waals surface area contributed by atoms with Crippen LogP contribution in [-0.4, -0.2) is 32.5 Å². The van der Waals surface area contributed by atoms with Crippen molar-refractivity contribution in [2.75, 3.05) is 6.54 Å². The van der Waals surface area contributed by atoms with Crippen LogP contribution in [0.4, 0.5) is 0 Å². The molecule has 0 unspecified atom stereocenters. The Morgan fingerprint density at radius 2 is 2.30 bits per heavy atom. The fourth-order valence-electron chi connectivity index (χ4n) is 2.96. The zero-order valence-electron chi connectivity index (χ0n) is 14.0. The lowest BCUT2D eigenvalue weighted by Gasteiger charge is -2.23. The Bertz CT molecular complexity index is 654. The Labute approximate surface area is 136 Å². The van der Waals surface area contributed by atoms with E-state index in [9.17, 15) is 4.79 Å². The summed E-state index contributed by atoms with van der Waals surface area (Å²) in [6.07, 6.45) is 4.87. The minimum atomic E-state index is -0.139. The molecule has 0 spiro atoms. The summed E-state index contributed by atoms with van der Waals surface area (Å²) in [5.74, 6) is 1.38. The van der Waals surface area contributed by atoms with Crippen molar-refractivity contribution in [1.29, 1.82) is 0 Å². The molecule has 2 aromatic rings. The largest absolute Gasteiger partial charge is 0.363 e. The summed E-state index contributed by atoms with van der Waals surface area (Å²) in [7, 11) is 0. The topological polar surface area (TPSA) is 75.0 Å². The van der Waals surface area contributed by atoms with Crippen LogP contribution in [0.1, 0.15) is 63.5 Å². The molecule has 6 nitrogen and oxygen atoms in total. The lowest BCUT2D eigenvalue weighted by Crippen LogP contribution is -2.30. The van der Waals surface area contributed by atoms with Crippen LogP contribution in [-0.2, 0) is 16.6 Å². The minimum absolute atomic E-state index is 0.139. The van der Waals surface area contributed by atoms with Crippen molar-refractivity contribution in [2.45, 2.75) is 57.9 Å². The van der Waals surface area contributed by atoms with E-state index in [1.807, 2.05) is 44.0 Å². The van der Waals surface area contributed by atoms with Gasteiger partial charge < -0.3 is 14.4 Å². The number of nitrogens with zero attached hydrogens (tertiary/aromatic N) is 3. The Balaban J connectivity index is 1.60. The highest BCUT2D eigenvalue weighted by Gasteiger charge is 2.30. The molecule has 0 aromatic carbocycles. The monoisotopic (exact) mass is 316 g/mol. The van der Waals surface area contributed by atoms with Crippen LogP contribution in [0.2, 0.25) is 0 Å².